The van der Waals surface area contributed by atoms with Crippen LogP contribution in [0, 0.1) is 11.7 Å². The summed E-state index contributed by atoms with van der Waals surface area (Å²) in [5, 5.41) is 2.67. The van der Waals surface area contributed by atoms with E-state index >= 15 is 0 Å². The topological polar surface area (TPSA) is 60.5 Å². The zero-order chi connectivity index (χ0) is 15.5. The Morgan fingerprint density at radius 2 is 2.27 bits per heavy atom. The highest BCUT2D eigenvalue weighted by atomic mass is 19.1. The van der Waals surface area contributed by atoms with Gasteiger partial charge in [0, 0.05) is 0 Å². The summed E-state index contributed by atoms with van der Waals surface area (Å²) in [7, 11) is 1.59. The van der Waals surface area contributed by atoms with Crippen LogP contribution in [0.5, 0.6) is 11.5 Å². The largest absolute Gasteiger partial charge is 0.497 e. The third-order valence-corrected chi connectivity index (χ3v) is 3.52. The Morgan fingerprint density at radius 3 is 3.00 bits per heavy atom. The first kappa shape index (κ1) is 14.3. The smallest absolute Gasteiger partial charge is 0.232 e. The molecule has 114 valence electrons. The van der Waals surface area contributed by atoms with Gasteiger partial charge in [0.25, 0.3) is 0 Å². The molecule has 0 radical (unpaired) electrons. The fraction of sp³-hybridized carbons (Fsp3) is 0.250. The number of nitrogens with one attached hydrogen (secondary N) is 1. The molecule has 22 heavy (non-hydrogen) atoms. The van der Waals surface area contributed by atoms with Crippen molar-refractivity contribution in [1.29, 1.82) is 0 Å². The van der Waals surface area contributed by atoms with Crippen molar-refractivity contribution in [1.82, 2.24) is 4.98 Å². The van der Waals surface area contributed by atoms with E-state index in [4.69, 9.17) is 9.47 Å². The Kier molecular flexibility index (Phi) is 3.91. The lowest BCUT2D eigenvalue weighted by atomic mass is 9.96. The maximum atomic E-state index is 12.8. The number of fused-ring (bicyclic) bond motifs is 1. The van der Waals surface area contributed by atoms with Crippen LogP contribution in [0.2, 0.25) is 0 Å². The van der Waals surface area contributed by atoms with E-state index in [0.717, 1.165) is 23.3 Å². The lowest BCUT2D eigenvalue weighted by Gasteiger charge is -2.24. The second-order valence-electron chi connectivity index (χ2n) is 5.04. The summed E-state index contributed by atoms with van der Waals surface area (Å²) >= 11 is 0. The van der Waals surface area contributed by atoms with E-state index in [9.17, 15) is 9.18 Å². The number of ether oxygens (including phenoxy) is 2. The summed E-state index contributed by atoms with van der Waals surface area (Å²) < 4.78 is 23.6. The van der Waals surface area contributed by atoms with Crippen LogP contribution in [-0.2, 0) is 11.2 Å². The van der Waals surface area contributed by atoms with Gasteiger partial charge in [0.05, 0.1) is 19.2 Å². The van der Waals surface area contributed by atoms with Crippen molar-refractivity contribution in [3.05, 3.63) is 47.9 Å². The first-order valence-corrected chi connectivity index (χ1v) is 6.88. The van der Waals surface area contributed by atoms with Crippen molar-refractivity contribution in [2.75, 3.05) is 19.0 Å². The summed E-state index contributed by atoms with van der Waals surface area (Å²) in [5.41, 5.74) is 0.929. The third kappa shape index (κ3) is 3.00. The number of methoxy groups -OCH3 is 1. The second kappa shape index (κ2) is 6.01. The average molecular weight is 302 g/mol. The minimum Gasteiger partial charge on any atom is -0.497 e. The number of carbonyl (C=O) groups excluding carboxylic acids is 1. The maximum absolute atomic E-state index is 12.8. The highest BCUT2D eigenvalue weighted by Gasteiger charge is 2.26. The summed E-state index contributed by atoms with van der Waals surface area (Å²) in [4.78, 5) is 16.1. The monoisotopic (exact) mass is 302 g/mol. The van der Waals surface area contributed by atoms with Gasteiger partial charge in [-0.3, -0.25) is 4.79 Å². The fourth-order valence-electron chi connectivity index (χ4n) is 2.34. The molecule has 2 heterocycles. The van der Waals surface area contributed by atoms with Gasteiger partial charge in [0.15, 0.2) is 0 Å². The first-order valence-electron chi connectivity index (χ1n) is 6.88. The molecular formula is C16H15FN2O3. The zero-order valence-corrected chi connectivity index (χ0v) is 12.0. The molecule has 0 spiro atoms. The second-order valence-corrected chi connectivity index (χ2v) is 5.04. The molecule has 6 heteroatoms. The van der Waals surface area contributed by atoms with E-state index in [0.29, 0.717) is 18.8 Å². The number of aromatic nitrogens is 1. The van der Waals surface area contributed by atoms with Gasteiger partial charge in [0.1, 0.15) is 29.7 Å². The number of benzene rings is 1. The quantitative estimate of drug-likeness (QED) is 0.946. The number of amides is 1. The van der Waals surface area contributed by atoms with Gasteiger partial charge >= 0.3 is 0 Å². The van der Waals surface area contributed by atoms with Gasteiger partial charge in [-0.1, -0.05) is 0 Å². The Labute approximate surface area is 127 Å². The van der Waals surface area contributed by atoms with Crippen LogP contribution in [0.25, 0.3) is 0 Å². The lowest BCUT2D eigenvalue weighted by Crippen LogP contribution is -2.32. The Morgan fingerprint density at radius 1 is 1.41 bits per heavy atom. The normalized spacial score (nSPS) is 16.4. The van der Waals surface area contributed by atoms with Gasteiger partial charge in [-0.2, -0.15) is 0 Å². The van der Waals surface area contributed by atoms with Gasteiger partial charge in [-0.05, 0) is 42.3 Å². The molecule has 1 aliphatic heterocycles. The predicted molar refractivity (Wildman–Crippen MR) is 78.5 cm³/mol. The van der Waals surface area contributed by atoms with E-state index in [1.54, 1.807) is 7.11 Å². The Balaban J connectivity index is 1.70. The van der Waals surface area contributed by atoms with E-state index < -0.39 is 5.82 Å². The Bertz CT molecular complexity index is 688. The van der Waals surface area contributed by atoms with Crippen LogP contribution in [0.1, 0.15) is 5.56 Å². The van der Waals surface area contributed by atoms with Crippen LogP contribution in [0.4, 0.5) is 10.2 Å². The molecule has 5 nitrogen and oxygen atoms in total. The van der Waals surface area contributed by atoms with Gasteiger partial charge in [0.2, 0.25) is 5.91 Å². The van der Waals surface area contributed by atoms with Gasteiger partial charge in [-0.25, -0.2) is 9.37 Å². The summed E-state index contributed by atoms with van der Waals surface area (Å²) in [6, 6.07) is 8.20. The van der Waals surface area contributed by atoms with Crippen LogP contribution < -0.4 is 14.8 Å². The molecule has 1 atom stereocenters. The summed E-state index contributed by atoms with van der Waals surface area (Å²) in [6.07, 6.45) is 1.62. The van der Waals surface area contributed by atoms with E-state index in [1.807, 2.05) is 18.2 Å². The van der Waals surface area contributed by atoms with Crippen LogP contribution in [-0.4, -0.2) is 24.6 Å². The van der Waals surface area contributed by atoms with Crippen LogP contribution in [0.3, 0.4) is 0 Å². The highest BCUT2D eigenvalue weighted by Crippen LogP contribution is 2.31. The molecule has 0 fully saturated rings. The van der Waals surface area contributed by atoms with Crippen molar-refractivity contribution in [3.8, 4) is 11.5 Å². The SMILES string of the molecule is COc1ccc2c(c1)CC(C(=O)Nc1ccc(F)cn1)CO2. The van der Waals surface area contributed by atoms with Crippen molar-refractivity contribution >= 4 is 11.7 Å². The molecule has 0 saturated carbocycles. The van der Waals surface area contributed by atoms with E-state index in [1.165, 1.54) is 12.1 Å². The number of nitrogens with zero attached hydrogens (tertiary/aromatic N) is 1. The number of anilines is 1. The summed E-state index contributed by atoms with van der Waals surface area (Å²) in [5.74, 6) is 0.843. The number of pyridine rings is 1. The van der Waals surface area contributed by atoms with Gasteiger partial charge < -0.3 is 14.8 Å². The predicted octanol–water partition coefficient (Wildman–Crippen LogP) is 2.42. The molecule has 1 aromatic carbocycles. The number of halogens is 1. The van der Waals surface area contributed by atoms with Crippen molar-refractivity contribution in [2.24, 2.45) is 5.92 Å². The molecule has 0 aliphatic carbocycles. The number of rotatable bonds is 3. The fourth-order valence-corrected chi connectivity index (χ4v) is 2.34. The van der Waals surface area contributed by atoms with Crippen LogP contribution >= 0.6 is 0 Å². The number of carbonyl (C=O) groups is 1. The zero-order valence-electron chi connectivity index (χ0n) is 12.0. The van der Waals surface area contributed by atoms with Crippen molar-refractivity contribution in [2.45, 2.75) is 6.42 Å². The van der Waals surface area contributed by atoms with Crippen molar-refractivity contribution < 1.29 is 18.7 Å². The molecule has 1 aliphatic rings. The van der Waals surface area contributed by atoms with Gasteiger partial charge in [-0.15, -0.1) is 0 Å². The van der Waals surface area contributed by atoms with E-state index in [2.05, 4.69) is 10.3 Å². The number of hydrogen-bond donors (Lipinski definition) is 1. The first-order chi connectivity index (χ1) is 10.7. The van der Waals surface area contributed by atoms with E-state index in [-0.39, 0.29) is 11.8 Å². The lowest BCUT2D eigenvalue weighted by molar-refractivity contribution is -0.121. The Hall–Kier alpha value is -2.63. The summed E-state index contributed by atoms with van der Waals surface area (Å²) in [6.45, 7) is 0.298. The molecule has 1 unspecified atom stereocenters. The van der Waals surface area contributed by atoms with Crippen molar-refractivity contribution in [3.63, 3.8) is 0 Å². The minimum atomic E-state index is -0.444. The van der Waals surface area contributed by atoms with Crippen LogP contribution in [0.15, 0.2) is 36.5 Å². The molecule has 0 bridgehead atoms. The molecule has 1 N–H and O–H groups in total. The molecule has 1 amide bonds. The maximum Gasteiger partial charge on any atom is 0.232 e. The average Bonchev–Trinajstić information content (AvgIpc) is 2.55. The number of hydrogen-bond acceptors (Lipinski definition) is 4. The molecular weight excluding hydrogens is 287 g/mol. The minimum absolute atomic E-state index is 0.201. The third-order valence-electron chi connectivity index (χ3n) is 3.52. The highest BCUT2D eigenvalue weighted by molar-refractivity contribution is 5.92. The molecule has 0 saturated heterocycles. The molecule has 3 rings (SSSR count). The molecule has 1 aromatic heterocycles. The standard InChI is InChI=1S/C16H15FN2O3/c1-21-13-3-4-14-10(7-13)6-11(9-22-14)16(20)19-15-5-2-12(17)8-18-15/h2-5,7-8,11H,6,9H2,1H3,(H,18,19,20). The molecule has 2 aromatic rings.